The second-order valence-corrected chi connectivity index (χ2v) is 5.62. The third kappa shape index (κ3) is 4.43. The third-order valence-electron chi connectivity index (χ3n) is 2.94. The first-order chi connectivity index (χ1) is 11.4. The fourth-order valence-electron chi connectivity index (χ4n) is 1.96. The number of anilines is 2. The smallest absolute Gasteiger partial charge is 0.230 e. The maximum atomic E-state index is 9.47. The van der Waals surface area contributed by atoms with Gasteiger partial charge in [0.1, 0.15) is 11.8 Å². The average molecular weight is 324 g/mol. The summed E-state index contributed by atoms with van der Waals surface area (Å²) in [6.45, 7) is 3.92. The van der Waals surface area contributed by atoms with Gasteiger partial charge in [-0.05, 0) is 37.6 Å². The number of benzene rings is 1. The molecule has 2 N–H and O–H groups in total. The van der Waals surface area contributed by atoms with E-state index < -0.39 is 0 Å². The lowest BCUT2D eigenvalue weighted by atomic mass is 10.1. The van der Waals surface area contributed by atoms with E-state index in [2.05, 4.69) is 21.0 Å². The van der Waals surface area contributed by atoms with Gasteiger partial charge in [0.15, 0.2) is 5.82 Å². The Morgan fingerprint density at radius 2 is 2.04 bits per heavy atom. The Morgan fingerprint density at radius 3 is 2.67 bits per heavy atom. The van der Waals surface area contributed by atoms with Gasteiger partial charge in [0, 0.05) is 14.1 Å². The van der Waals surface area contributed by atoms with Crippen LogP contribution in [-0.2, 0) is 0 Å². The van der Waals surface area contributed by atoms with Gasteiger partial charge in [-0.25, -0.2) is 0 Å². The summed E-state index contributed by atoms with van der Waals surface area (Å²) < 4.78 is 5.67. The normalized spacial score (nSPS) is 11.2. The van der Waals surface area contributed by atoms with Crippen molar-refractivity contribution >= 4 is 23.5 Å². The molecule has 0 fully saturated rings. The molecule has 2 rings (SSSR count). The Labute approximate surface area is 141 Å². The lowest BCUT2D eigenvalue weighted by Gasteiger charge is -2.11. The topological polar surface area (TPSA) is 101 Å². The van der Waals surface area contributed by atoms with E-state index >= 15 is 0 Å². The van der Waals surface area contributed by atoms with Crippen LogP contribution in [0.25, 0.3) is 11.6 Å². The molecule has 0 aliphatic carbocycles. The largest absolute Gasteiger partial charge is 0.491 e. The number of rotatable bonds is 5. The number of allylic oxidation sites excluding steroid dienone is 1. The first-order valence-electron chi connectivity index (χ1n) is 7.47. The molecule has 0 saturated carbocycles. The second-order valence-electron chi connectivity index (χ2n) is 5.62. The van der Waals surface area contributed by atoms with Crippen molar-refractivity contribution in [2.75, 3.05) is 24.7 Å². The highest BCUT2D eigenvalue weighted by Gasteiger charge is 2.11. The fraction of sp³-hybridized carbons (Fsp3) is 0.294. The molecule has 0 unspecified atom stereocenters. The van der Waals surface area contributed by atoms with E-state index in [1.807, 2.05) is 38.1 Å². The molecule has 0 radical (unpaired) electrons. The zero-order valence-corrected chi connectivity index (χ0v) is 14.2. The van der Waals surface area contributed by atoms with Crippen LogP contribution in [0.4, 0.5) is 11.9 Å². The Hall–Kier alpha value is -3.14. The van der Waals surface area contributed by atoms with Gasteiger partial charge in [-0.15, -0.1) is 0 Å². The second kappa shape index (κ2) is 7.42. The van der Waals surface area contributed by atoms with Crippen molar-refractivity contribution in [1.29, 1.82) is 5.26 Å². The van der Waals surface area contributed by atoms with Crippen LogP contribution in [0.2, 0.25) is 0 Å². The highest BCUT2D eigenvalue weighted by atomic mass is 16.5. The molecule has 1 heterocycles. The van der Waals surface area contributed by atoms with Crippen LogP contribution in [0.15, 0.2) is 24.3 Å². The van der Waals surface area contributed by atoms with Crippen molar-refractivity contribution in [3.63, 3.8) is 0 Å². The zero-order valence-electron chi connectivity index (χ0n) is 14.2. The Balaban J connectivity index is 2.42. The highest BCUT2D eigenvalue weighted by molar-refractivity contribution is 5.87. The first kappa shape index (κ1) is 17.2. The summed E-state index contributed by atoms with van der Waals surface area (Å²) >= 11 is 0. The third-order valence-corrected chi connectivity index (χ3v) is 2.94. The predicted octanol–water partition coefficient (Wildman–Crippen LogP) is 2.37. The summed E-state index contributed by atoms with van der Waals surface area (Å²) in [5, 5.41) is 9.47. The minimum atomic E-state index is 0.0711. The fourth-order valence-corrected chi connectivity index (χ4v) is 1.96. The molecule has 0 amide bonds. The van der Waals surface area contributed by atoms with Crippen molar-refractivity contribution in [3.05, 3.63) is 35.7 Å². The summed E-state index contributed by atoms with van der Waals surface area (Å²) in [5.41, 5.74) is 6.83. The van der Waals surface area contributed by atoms with Crippen molar-refractivity contribution in [2.24, 2.45) is 0 Å². The van der Waals surface area contributed by atoms with Crippen molar-refractivity contribution in [2.45, 2.75) is 20.0 Å². The molecule has 0 aliphatic heterocycles. The monoisotopic (exact) mass is 324 g/mol. The quantitative estimate of drug-likeness (QED) is 0.842. The molecule has 0 atom stereocenters. The zero-order chi connectivity index (χ0) is 17.7. The standard InChI is InChI=1S/C17H20N6O/c1-11(2)24-14-7-5-6-12(9-14)8-13(10-18)15-20-16(19)22-17(21-15)23(3)4/h5-9,11H,1-4H3,(H2,19,20,21,22)/b13-8-. The van der Waals surface area contributed by atoms with Gasteiger partial charge in [0.25, 0.3) is 0 Å². The van der Waals surface area contributed by atoms with Crippen LogP contribution in [-0.4, -0.2) is 35.2 Å². The van der Waals surface area contributed by atoms with Gasteiger partial charge >= 0.3 is 0 Å². The van der Waals surface area contributed by atoms with Gasteiger partial charge < -0.3 is 15.4 Å². The minimum Gasteiger partial charge on any atom is -0.491 e. The SMILES string of the molecule is CC(C)Oc1cccc(/C=C(/C#N)c2nc(N)nc(N(C)C)n2)c1. The van der Waals surface area contributed by atoms with Crippen molar-refractivity contribution < 1.29 is 4.74 Å². The van der Waals surface area contributed by atoms with E-state index in [4.69, 9.17) is 10.5 Å². The average Bonchev–Trinajstić information content (AvgIpc) is 2.51. The van der Waals surface area contributed by atoms with E-state index in [0.717, 1.165) is 11.3 Å². The van der Waals surface area contributed by atoms with Gasteiger partial charge in [-0.2, -0.15) is 20.2 Å². The number of ether oxygens (including phenoxy) is 1. The molecule has 7 nitrogen and oxygen atoms in total. The molecule has 0 spiro atoms. The van der Waals surface area contributed by atoms with Crippen molar-refractivity contribution in [3.8, 4) is 11.8 Å². The number of nitrogen functional groups attached to an aromatic ring is 1. The number of nitriles is 1. The molecule has 1 aromatic carbocycles. The lowest BCUT2D eigenvalue weighted by Crippen LogP contribution is -2.15. The maximum Gasteiger partial charge on any atom is 0.230 e. The first-order valence-corrected chi connectivity index (χ1v) is 7.47. The summed E-state index contributed by atoms with van der Waals surface area (Å²) in [6.07, 6.45) is 1.77. The summed E-state index contributed by atoms with van der Waals surface area (Å²) in [4.78, 5) is 14.1. The number of hydrogen-bond acceptors (Lipinski definition) is 7. The molecule has 0 aliphatic rings. The number of nitrogens with zero attached hydrogens (tertiary/aromatic N) is 5. The van der Waals surface area contributed by atoms with Crippen LogP contribution >= 0.6 is 0 Å². The van der Waals surface area contributed by atoms with Crippen molar-refractivity contribution in [1.82, 2.24) is 15.0 Å². The summed E-state index contributed by atoms with van der Waals surface area (Å²) in [6, 6.07) is 9.58. The molecule has 24 heavy (non-hydrogen) atoms. The molecule has 2 aromatic rings. The molecule has 124 valence electrons. The Bertz CT molecular complexity index is 792. The van der Waals surface area contributed by atoms with Gasteiger partial charge in [0.2, 0.25) is 11.9 Å². The van der Waals surface area contributed by atoms with Gasteiger partial charge in [-0.1, -0.05) is 12.1 Å². The molecular weight excluding hydrogens is 304 g/mol. The van der Waals surface area contributed by atoms with Crippen LogP contribution < -0.4 is 15.4 Å². The summed E-state index contributed by atoms with van der Waals surface area (Å²) in [5.74, 6) is 1.45. The van der Waals surface area contributed by atoms with Gasteiger partial charge in [-0.3, -0.25) is 0 Å². The Kier molecular flexibility index (Phi) is 5.32. The lowest BCUT2D eigenvalue weighted by molar-refractivity contribution is 0.242. The number of aromatic nitrogens is 3. The van der Waals surface area contributed by atoms with E-state index in [1.165, 1.54) is 0 Å². The van der Waals surface area contributed by atoms with E-state index in [1.54, 1.807) is 25.1 Å². The van der Waals surface area contributed by atoms with E-state index in [9.17, 15) is 5.26 Å². The van der Waals surface area contributed by atoms with Crippen LogP contribution in [0.1, 0.15) is 25.2 Å². The molecule has 1 aromatic heterocycles. The maximum absolute atomic E-state index is 9.47. The minimum absolute atomic E-state index is 0.0711. The number of hydrogen-bond donors (Lipinski definition) is 1. The molecule has 0 saturated heterocycles. The van der Waals surface area contributed by atoms with E-state index in [-0.39, 0.29) is 17.9 Å². The van der Waals surface area contributed by atoms with Crippen LogP contribution in [0, 0.1) is 11.3 Å². The molecule has 7 heteroatoms. The Morgan fingerprint density at radius 1 is 1.29 bits per heavy atom. The number of nitrogens with two attached hydrogens (primary N) is 1. The predicted molar refractivity (Wildman–Crippen MR) is 94.3 cm³/mol. The summed E-state index contributed by atoms with van der Waals surface area (Å²) in [7, 11) is 3.59. The van der Waals surface area contributed by atoms with Crippen LogP contribution in [0.5, 0.6) is 5.75 Å². The van der Waals surface area contributed by atoms with E-state index in [0.29, 0.717) is 11.5 Å². The molecule has 0 bridgehead atoms. The highest BCUT2D eigenvalue weighted by Crippen LogP contribution is 2.20. The van der Waals surface area contributed by atoms with Crippen LogP contribution in [0.3, 0.4) is 0 Å². The molecular formula is C17H20N6O. The van der Waals surface area contributed by atoms with Gasteiger partial charge in [0.05, 0.1) is 11.7 Å².